The minimum atomic E-state index is -0.241. The summed E-state index contributed by atoms with van der Waals surface area (Å²) in [4.78, 5) is 4.08. The summed E-state index contributed by atoms with van der Waals surface area (Å²) in [6.45, 7) is 0. The van der Waals surface area contributed by atoms with Gasteiger partial charge in [-0.25, -0.2) is 4.39 Å². The van der Waals surface area contributed by atoms with Gasteiger partial charge in [0.05, 0.1) is 7.11 Å². The summed E-state index contributed by atoms with van der Waals surface area (Å²) in [6, 6.07) is 18.0. The Balaban J connectivity index is 1.71. The molecule has 0 fully saturated rings. The van der Waals surface area contributed by atoms with Gasteiger partial charge in [-0.2, -0.15) is 0 Å². The molecule has 4 aromatic rings. The second kappa shape index (κ2) is 8.22. The van der Waals surface area contributed by atoms with Crippen molar-refractivity contribution in [2.45, 2.75) is 10.9 Å². The van der Waals surface area contributed by atoms with Gasteiger partial charge in [-0.1, -0.05) is 23.9 Å². The smallest absolute Gasteiger partial charge is 0.196 e. The average Bonchev–Trinajstić information content (AvgIpc) is 3.18. The van der Waals surface area contributed by atoms with Gasteiger partial charge in [-0.15, -0.1) is 10.2 Å². The van der Waals surface area contributed by atoms with E-state index in [0.29, 0.717) is 5.75 Å². The molecule has 5 nitrogen and oxygen atoms in total. The van der Waals surface area contributed by atoms with E-state index in [1.54, 1.807) is 43.4 Å². The molecule has 0 bridgehead atoms. The van der Waals surface area contributed by atoms with Crippen molar-refractivity contribution in [1.82, 2.24) is 19.7 Å². The topological polar surface area (TPSA) is 52.8 Å². The number of hydrogen-bond donors (Lipinski definition) is 0. The van der Waals surface area contributed by atoms with Gasteiger partial charge in [-0.05, 0) is 54.1 Å². The fourth-order valence-electron chi connectivity index (χ4n) is 2.74. The number of pyridine rings is 1. The molecule has 0 aliphatic heterocycles. The first-order valence-electron chi connectivity index (χ1n) is 8.62. The molecule has 4 rings (SSSR count). The van der Waals surface area contributed by atoms with E-state index in [1.165, 1.54) is 12.1 Å². The minimum Gasteiger partial charge on any atom is -0.497 e. The van der Waals surface area contributed by atoms with Crippen molar-refractivity contribution >= 4 is 11.8 Å². The van der Waals surface area contributed by atoms with Gasteiger partial charge < -0.3 is 4.74 Å². The molecule has 7 heteroatoms. The van der Waals surface area contributed by atoms with Crippen LogP contribution >= 0.6 is 11.8 Å². The molecule has 0 aliphatic carbocycles. The third-order valence-electron chi connectivity index (χ3n) is 4.18. The lowest BCUT2D eigenvalue weighted by Crippen LogP contribution is -2.00. The summed E-state index contributed by atoms with van der Waals surface area (Å²) < 4.78 is 20.4. The quantitative estimate of drug-likeness (QED) is 0.443. The van der Waals surface area contributed by atoms with Crippen molar-refractivity contribution in [2.75, 3.05) is 7.11 Å². The third-order valence-corrected chi connectivity index (χ3v) is 5.18. The van der Waals surface area contributed by atoms with Crippen LogP contribution in [0, 0.1) is 5.82 Å². The maximum Gasteiger partial charge on any atom is 0.196 e. The number of nitrogens with zero attached hydrogens (tertiary/aromatic N) is 4. The lowest BCUT2D eigenvalue weighted by Gasteiger charge is -2.11. The van der Waals surface area contributed by atoms with Gasteiger partial charge in [-0.3, -0.25) is 9.55 Å². The van der Waals surface area contributed by atoms with Crippen molar-refractivity contribution in [3.63, 3.8) is 0 Å². The van der Waals surface area contributed by atoms with Crippen LogP contribution in [0.25, 0.3) is 17.1 Å². The molecule has 0 unspecified atom stereocenters. The van der Waals surface area contributed by atoms with Gasteiger partial charge >= 0.3 is 0 Å². The Kier molecular flexibility index (Phi) is 5.34. The van der Waals surface area contributed by atoms with Crippen molar-refractivity contribution in [3.8, 4) is 22.8 Å². The number of benzene rings is 2. The minimum absolute atomic E-state index is 0.241. The van der Waals surface area contributed by atoms with Crippen LogP contribution in [-0.2, 0) is 5.75 Å². The molecule has 0 radical (unpaired) electrons. The van der Waals surface area contributed by atoms with E-state index in [2.05, 4.69) is 15.2 Å². The summed E-state index contributed by atoms with van der Waals surface area (Å²) in [5.74, 6) is 1.93. The molecule has 0 aliphatic rings. The molecule has 2 heterocycles. The Bertz CT molecular complexity index is 1050. The van der Waals surface area contributed by atoms with E-state index in [4.69, 9.17) is 4.74 Å². The molecule has 0 saturated carbocycles. The number of hydrogen-bond acceptors (Lipinski definition) is 5. The molecule has 28 heavy (non-hydrogen) atoms. The van der Waals surface area contributed by atoms with E-state index in [1.807, 2.05) is 41.0 Å². The maximum absolute atomic E-state index is 13.1. The average molecular weight is 392 g/mol. The first kappa shape index (κ1) is 18.2. The molecule has 140 valence electrons. The zero-order valence-electron chi connectivity index (χ0n) is 15.1. The highest BCUT2D eigenvalue weighted by molar-refractivity contribution is 7.98. The second-order valence-electron chi connectivity index (χ2n) is 5.99. The van der Waals surface area contributed by atoms with Crippen LogP contribution in [0.15, 0.2) is 78.2 Å². The highest BCUT2D eigenvalue weighted by atomic mass is 32.2. The summed E-state index contributed by atoms with van der Waals surface area (Å²) in [6.07, 6.45) is 3.46. The van der Waals surface area contributed by atoms with E-state index < -0.39 is 0 Å². The van der Waals surface area contributed by atoms with E-state index in [0.717, 1.165) is 33.5 Å². The van der Waals surface area contributed by atoms with Crippen LogP contribution in [0.4, 0.5) is 4.39 Å². The van der Waals surface area contributed by atoms with Crippen LogP contribution in [0.5, 0.6) is 5.75 Å². The number of rotatable bonds is 6. The monoisotopic (exact) mass is 392 g/mol. The second-order valence-corrected chi connectivity index (χ2v) is 6.93. The molecule has 2 aromatic carbocycles. The normalized spacial score (nSPS) is 10.8. The highest BCUT2D eigenvalue weighted by Crippen LogP contribution is 2.30. The van der Waals surface area contributed by atoms with E-state index >= 15 is 0 Å². The Morgan fingerprint density at radius 1 is 0.929 bits per heavy atom. The summed E-state index contributed by atoms with van der Waals surface area (Å²) in [5.41, 5.74) is 2.87. The Labute approximate surface area is 166 Å². The summed E-state index contributed by atoms with van der Waals surface area (Å²) >= 11 is 1.55. The number of methoxy groups -OCH3 is 1. The summed E-state index contributed by atoms with van der Waals surface area (Å²) in [7, 11) is 1.64. The number of thioether (sulfide) groups is 1. The lowest BCUT2D eigenvalue weighted by molar-refractivity contribution is 0.414. The number of aromatic nitrogens is 4. The van der Waals surface area contributed by atoms with Gasteiger partial charge in [0, 0.05) is 29.4 Å². The van der Waals surface area contributed by atoms with Gasteiger partial charge in [0.1, 0.15) is 11.6 Å². The fourth-order valence-corrected chi connectivity index (χ4v) is 3.65. The zero-order valence-corrected chi connectivity index (χ0v) is 15.9. The molecule has 0 saturated heterocycles. The van der Waals surface area contributed by atoms with E-state index in [9.17, 15) is 4.39 Å². The maximum atomic E-state index is 13.1. The predicted molar refractivity (Wildman–Crippen MR) is 107 cm³/mol. The molecular formula is C21H17FN4OS. The van der Waals surface area contributed by atoms with E-state index in [-0.39, 0.29) is 5.82 Å². The third kappa shape index (κ3) is 3.89. The largest absolute Gasteiger partial charge is 0.497 e. The lowest BCUT2D eigenvalue weighted by atomic mass is 10.2. The van der Waals surface area contributed by atoms with Crippen molar-refractivity contribution < 1.29 is 9.13 Å². The SMILES string of the molecule is COc1ccc(-n2c(SCc3ccc(F)cc3)nnc2-c2ccncc2)cc1. The van der Waals surface area contributed by atoms with Crippen molar-refractivity contribution in [1.29, 1.82) is 0 Å². The standard InChI is InChI=1S/C21H17FN4OS/c1-27-19-8-6-18(7-9-19)26-20(16-10-12-23-13-11-16)24-25-21(26)28-14-15-2-4-17(22)5-3-15/h2-13H,14H2,1H3. The van der Waals surface area contributed by atoms with Crippen LogP contribution < -0.4 is 4.74 Å². The Morgan fingerprint density at radius 3 is 2.32 bits per heavy atom. The molecule has 0 atom stereocenters. The molecular weight excluding hydrogens is 375 g/mol. The van der Waals surface area contributed by atoms with Crippen molar-refractivity contribution in [2.24, 2.45) is 0 Å². The molecule has 0 amide bonds. The number of halogens is 1. The molecule has 2 aromatic heterocycles. The Hall–Kier alpha value is -3.19. The zero-order chi connectivity index (χ0) is 19.3. The Morgan fingerprint density at radius 2 is 1.64 bits per heavy atom. The highest BCUT2D eigenvalue weighted by Gasteiger charge is 2.16. The molecule has 0 N–H and O–H groups in total. The van der Waals surface area contributed by atoms with Crippen LogP contribution in [-0.4, -0.2) is 26.9 Å². The summed E-state index contributed by atoms with van der Waals surface area (Å²) in [5, 5.41) is 9.55. The fraction of sp³-hybridized carbons (Fsp3) is 0.0952. The van der Waals surface area contributed by atoms with Gasteiger partial charge in [0.25, 0.3) is 0 Å². The van der Waals surface area contributed by atoms with Crippen molar-refractivity contribution in [3.05, 3.63) is 84.4 Å². The van der Waals surface area contributed by atoms with Crippen LogP contribution in [0.3, 0.4) is 0 Å². The first-order chi connectivity index (χ1) is 13.7. The predicted octanol–water partition coefficient (Wildman–Crippen LogP) is 4.77. The van der Waals surface area contributed by atoms with Gasteiger partial charge in [0.2, 0.25) is 0 Å². The molecule has 0 spiro atoms. The first-order valence-corrected chi connectivity index (χ1v) is 9.60. The van der Waals surface area contributed by atoms with Gasteiger partial charge in [0.15, 0.2) is 11.0 Å². The van der Waals surface area contributed by atoms with Crippen LogP contribution in [0.2, 0.25) is 0 Å². The number of ether oxygens (including phenoxy) is 1. The van der Waals surface area contributed by atoms with Crippen LogP contribution in [0.1, 0.15) is 5.56 Å².